The maximum atomic E-state index is 11.4. The van der Waals surface area contributed by atoms with Crippen LogP contribution in [-0.4, -0.2) is 93.9 Å². The van der Waals surface area contributed by atoms with Gasteiger partial charge in [-0.25, -0.2) is 9.59 Å². The van der Waals surface area contributed by atoms with Crippen molar-refractivity contribution in [3.8, 4) is 0 Å². The number of carbonyl (C=O) groups excluding carboxylic acids is 1. The van der Waals surface area contributed by atoms with E-state index in [-0.39, 0.29) is 19.8 Å². The summed E-state index contributed by atoms with van der Waals surface area (Å²) < 4.78 is 25.8. The van der Waals surface area contributed by atoms with Gasteiger partial charge in [0.05, 0.1) is 46.2 Å². The number of aliphatic hydroxyl groups is 1. The number of aliphatic carboxylic acids is 1. The monoisotopic (exact) mass is 381 g/mol. The molecule has 0 aromatic heterocycles. The van der Waals surface area contributed by atoms with Crippen molar-refractivity contribution in [1.29, 1.82) is 0 Å². The van der Waals surface area contributed by atoms with Gasteiger partial charge in [-0.15, -0.1) is 0 Å². The van der Waals surface area contributed by atoms with E-state index >= 15 is 0 Å². The zero-order valence-corrected chi connectivity index (χ0v) is 15.5. The average Bonchev–Trinajstić information content (AvgIpc) is 2.57. The van der Waals surface area contributed by atoms with E-state index in [1.165, 1.54) is 13.8 Å². The minimum Gasteiger partial charge on any atom is -0.478 e. The number of carboxylic acid groups (broad SMARTS) is 1. The van der Waals surface area contributed by atoms with Crippen molar-refractivity contribution in [3.63, 3.8) is 0 Å². The molecule has 0 fully saturated rings. The van der Waals surface area contributed by atoms with Gasteiger partial charge in [-0.2, -0.15) is 0 Å². The van der Waals surface area contributed by atoms with Crippen molar-refractivity contribution >= 4 is 12.1 Å². The number of rotatable bonds is 17. The fourth-order valence-electron chi connectivity index (χ4n) is 1.47. The van der Waals surface area contributed by atoms with Crippen LogP contribution in [-0.2, 0) is 28.5 Å². The van der Waals surface area contributed by atoms with Crippen molar-refractivity contribution in [2.75, 3.05) is 66.0 Å². The Bertz CT molecular complexity index is 377. The molecule has 0 heterocycles. The second kappa shape index (κ2) is 15.8. The molecule has 0 rings (SSSR count). The highest BCUT2D eigenvalue weighted by atomic mass is 16.6. The van der Waals surface area contributed by atoms with E-state index in [1.807, 2.05) is 0 Å². The molecule has 0 aromatic carbocycles. The van der Waals surface area contributed by atoms with Gasteiger partial charge in [-0.1, -0.05) is 0 Å². The summed E-state index contributed by atoms with van der Waals surface area (Å²) in [6.07, 6.45) is -0.185. The summed E-state index contributed by atoms with van der Waals surface area (Å²) in [6, 6.07) is 0. The molecule has 1 amide bonds. The molecule has 0 aliphatic carbocycles. The quantitative estimate of drug-likeness (QED) is 0.298. The van der Waals surface area contributed by atoms with Crippen LogP contribution >= 0.6 is 0 Å². The molecule has 3 N–H and O–H groups in total. The lowest BCUT2D eigenvalue weighted by Gasteiger charge is -2.20. The third-order valence-electron chi connectivity index (χ3n) is 2.94. The maximum absolute atomic E-state index is 11.4. The van der Waals surface area contributed by atoms with Crippen molar-refractivity contribution in [1.82, 2.24) is 5.32 Å². The molecule has 0 aliphatic heterocycles. The Morgan fingerprint density at radius 1 is 0.846 bits per heavy atom. The van der Waals surface area contributed by atoms with Gasteiger partial charge < -0.3 is 39.2 Å². The van der Waals surface area contributed by atoms with Crippen LogP contribution in [0.5, 0.6) is 0 Å². The molecule has 0 saturated heterocycles. The molecule has 26 heavy (non-hydrogen) atoms. The van der Waals surface area contributed by atoms with Crippen molar-refractivity contribution in [2.45, 2.75) is 25.9 Å². The van der Waals surface area contributed by atoms with Gasteiger partial charge in [-0.3, -0.25) is 0 Å². The van der Waals surface area contributed by atoms with Gasteiger partial charge in [-0.05, 0) is 20.3 Å². The number of amides is 1. The third-order valence-corrected chi connectivity index (χ3v) is 2.94. The van der Waals surface area contributed by atoms with Gasteiger partial charge >= 0.3 is 12.1 Å². The van der Waals surface area contributed by atoms with Gasteiger partial charge in [0.25, 0.3) is 0 Å². The molecular formula is C16H31NO9. The number of carbonyl (C=O) groups is 2. The average molecular weight is 381 g/mol. The zero-order valence-electron chi connectivity index (χ0n) is 15.5. The summed E-state index contributed by atoms with van der Waals surface area (Å²) in [4.78, 5) is 22.2. The molecule has 0 saturated carbocycles. The molecule has 0 spiro atoms. The molecule has 0 radical (unpaired) electrons. The number of ether oxygens (including phenoxy) is 5. The van der Waals surface area contributed by atoms with E-state index < -0.39 is 17.7 Å². The molecule has 10 nitrogen and oxygen atoms in total. The minimum absolute atomic E-state index is 0.125. The SMILES string of the molecule is CC(C)(OC(=O)NCCOCCOCCOCCOCCCO)C(=O)O. The Hall–Kier alpha value is -1.46. The number of aliphatic hydroxyl groups excluding tert-OH is 1. The number of alkyl carbamates (subject to hydrolysis) is 1. The largest absolute Gasteiger partial charge is 0.478 e. The van der Waals surface area contributed by atoms with Crippen LogP contribution < -0.4 is 5.32 Å². The standard InChI is InChI=1S/C16H31NO9/c1-16(2,14(19)20)26-15(21)17-4-7-23-9-11-25-13-12-24-10-8-22-6-3-5-18/h18H,3-13H2,1-2H3,(H,17,21)(H,19,20). The normalized spacial score (nSPS) is 11.3. The van der Waals surface area contributed by atoms with Gasteiger partial charge in [0.15, 0.2) is 0 Å². The van der Waals surface area contributed by atoms with E-state index in [9.17, 15) is 9.59 Å². The van der Waals surface area contributed by atoms with Crippen LogP contribution in [0.4, 0.5) is 4.79 Å². The molecular weight excluding hydrogens is 350 g/mol. The molecule has 0 aliphatic rings. The first kappa shape index (κ1) is 24.5. The highest BCUT2D eigenvalue weighted by Gasteiger charge is 2.31. The molecule has 154 valence electrons. The second-order valence-electron chi connectivity index (χ2n) is 5.66. The summed E-state index contributed by atoms with van der Waals surface area (Å²) in [6.45, 7) is 6.31. The highest BCUT2D eigenvalue weighted by Crippen LogP contribution is 2.08. The fourth-order valence-corrected chi connectivity index (χ4v) is 1.47. The molecule has 0 atom stereocenters. The lowest BCUT2D eigenvalue weighted by atomic mass is 10.1. The number of carboxylic acids is 1. The van der Waals surface area contributed by atoms with Crippen LogP contribution in [0, 0.1) is 0 Å². The number of hydrogen-bond donors (Lipinski definition) is 3. The minimum atomic E-state index is -1.58. The fraction of sp³-hybridized carbons (Fsp3) is 0.875. The van der Waals surface area contributed by atoms with Crippen molar-refractivity contribution in [3.05, 3.63) is 0 Å². The third kappa shape index (κ3) is 14.8. The Kier molecular flexibility index (Phi) is 14.9. The predicted molar refractivity (Wildman–Crippen MR) is 91.2 cm³/mol. The maximum Gasteiger partial charge on any atom is 0.408 e. The number of hydrogen-bond acceptors (Lipinski definition) is 8. The topological polar surface area (TPSA) is 133 Å². The van der Waals surface area contributed by atoms with Gasteiger partial charge in [0.1, 0.15) is 0 Å². The lowest BCUT2D eigenvalue weighted by molar-refractivity contribution is -0.154. The van der Waals surface area contributed by atoms with Gasteiger partial charge in [0, 0.05) is 19.8 Å². The Balaban J connectivity index is 3.29. The first-order valence-electron chi connectivity index (χ1n) is 8.52. The van der Waals surface area contributed by atoms with Crippen LogP contribution in [0.1, 0.15) is 20.3 Å². The lowest BCUT2D eigenvalue weighted by Crippen LogP contribution is -2.41. The summed E-state index contributed by atoms with van der Waals surface area (Å²) >= 11 is 0. The van der Waals surface area contributed by atoms with Gasteiger partial charge in [0.2, 0.25) is 5.60 Å². The Morgan fingerprint density at radius 3 is 1.77 bits per heavy atom. The second-order valence-corrected chi connectivity index (χ2v) is 5.66. The smallest absolute Gasteiger partial charge is 0.408 e. The molecule has 10 heteroatoms. The van der Waals surface area contributed by atoms with Crippen molar-refractivity contribution < 1.29 is 43.5 Å². The van der Waals surface area contributed by atoms with Crippen LogP contribution in [0.15, 0.2) is 0 Å². The van der Waals surface area contributed by atoms with Crippen LogP contribution in [0.2, 0.25) is 0 Å². The summed E-state index contributed by atoms with van der Waals surface area (Å²) in [7, 11) is 0. The Morgan fingerprint density at radius 2 is 1.31 bits per heavy atom. The summed E-state index contributed by atoms with van der Waals surface area (Å²) in [5.41, 5.74) is -1.58. The zero-order chi connectivity index (χ0) is 19.7. The van der Waals surface area contributed by atoms with E-state index in [1.54, 1.807) is 0 Å². The van der Waals surface area contributed by atoms with Crippen LogP contribution in [0.25, 0.3) is 0 Å². The van der Waals surface area contributed by atoms with E-state index in [0.29, 0.717) is 52.7 Å². The Labute approximate surface area is 153 Å². The first-order chi connectivity index (χ1) is 12.4. The van der Waals surface area contributed by atoms with Crippen molar-refractivity contribution in [2.24, 2.45) is 0 Å². The highest BCUT2D eigenvalue weighted by molar-refractivity contribution is 5.80. The van der Waals surface area contributed by atoms with E-state index in [0.717, 1.165) is 0 Å². The first-order valence-corrected chi connectivity index (χ1v) is 8.52. The predicted octanol–water partition coefficient (Wildman–Crippen LogP) is 0.0246. The molecule has 0 bridgehead atoms. The molecule has 0 aromatic rings. The van der Waals surface area contributed by atoms with E-state index in [2.05, 4.69) is 5.32 Å². The number of nitrogens with one attached hydrogen (secondary N) is 1. The van der Waals surface area contributed by atoms with E-state index in [4.69, 9.17) is 33.9 Å². The summed E-state index contributed by atoms with van der Waals surface area (Å²) in [5.74, 6) is -1.22. The van der Waals surface area contributed by atoms with Crippen LogP contribution in [0.3, 0.4) is 0 Å². The summed E-state index contributed by atoms with van der Waals surface area (Å²) in [5, 5.41) is 19.8. The molecule has 0 unspecified atom stereocenters.